The second-order valence-electron chi connectivity index (χ2n) is 3.56. The van der Waals surface area contributed by atoms with E-state index in [-0.39, 0.29) is 0 Å². The molecule has 0 aliphatic carbocycles. The highest BCUT2D eigenvalue weighted by molar-refractivity contribution is 7.86. The van der Waals surface area contributed by atoms with Crippen LogP contribution >= 0.6 is 0 Å². The summed E-state index contributed by atoms with van der Waals surface area (Å²) in [5.74, 6) is -0.449. The number of nitrogens with zero attached hydrogens (tertiary/aromatic N) is 1. The van der Waals surface area contributed by atoms with Crippen LogP contribution in [0.1, 0.15) is 20.8 Å². The topological polar surface area (TPSA) is 77.8 Å². The molecule has 0 saturated carbocycles. The third-order valence-electron chi connectivity index (χ3n) is 2.48. The zero-order valence-electron chi connectivity index (χ0n) is 11.0. The number of benzene rings is 1. The highest BCUT2D eigenvalue weighted by Gasteiger charge is 2.12. The molecule has 0 unspecified atom stereocenters. The van der Waals surface area contributed by atoms with Gasteiger partial charge in [-0.3, -0.25) is 4.55 Å². The number of phenols is 1. The van der Waals surface area contributed by atoms with E-state index in [1.807, 2.05) is 0 Å². The lowest BCUT2D eigenvalue weighted by Gasteiger charge is -2.13. The van der Waals surface area contributed by atoms with E-state index in [1.54, 1.807) is 0 Å². The van der Waals surface area contributed by atoms with Crippen molar-refractivity contribution in [2.75, 3.05) is 19.6 Å². The minimum Gasteiger partial charge on any atom is -0.506 e. The summed E-state index contributed by atoms with van der Waals surface area (Å²) in [4.78, 5) is 1.90. The molecule has 0 aliphatic rings. The first-order valence-corrected chi connectivity index (χ1v) is 7.28. The molecule has 1 aromatic rings. The molecule has 0 spiro atoms. The van der Waals surface area contributed by atoms with Crippen LogP contribution in [-0.2, 0) is 10.1 Å². The Labute approximate surface area is 109 Å². The Kier molecular flexibility index (Phi) is 7.58. The quantitative estimate of drug-likeness (QED) is 0.822. The van der Waals surface area contributed by atoms with Gasteiger partial charge in [-0.2, -0.15) is 8.42 Å². The van der Waals surface area contributed by atoms with Crippen molar-refractivity contribution in [1.82, 2.24) is 4.90 Å². The monoisotopic (exact) mass is 275 g/mol. The Bertz CT molecular complexity index is 436. The first-order chi connectivity index (χ1) is 8.36. The summed E-state index contributed by atoms with van der Waals surface area (Å²) in [5.41, 5.74) is 0. The summed E-state index contributed by atoms with van der Waals surface area (Å²) >= 11 is 0. The molecule has 0 fully saturated rings. The van der Waals surface area contributed by atoms with Crippen LogP contribution in [0.3, 0.4) is 0 Å². The van der Waals surface area contributed by atoms with Crippen molar-refractivity contribution >= 4 is 10.1 Å². The average molecular weight is 275 g/mol. The number of hydrogen-bond acceptors (Lipinski definition) is 4. The van der Waals surface area contributed by atoms with Gasteiger partial charge in [-0.25, -0.2) is 0 Å². The van der Waals surface area contributed by atoms with E-state index in [0.717, 1.165) is 6.07 Å². The Balaban J connectivity index is 0.000000360. The number of rotatable bonds is 4. The molecule has 5 nitrogen and oxygen atoms in total. The van der Waals surface area contributed by atoms with E-state index in [4.69, 9.17) is 9.66 Å². The number of para-hydroxylation sites is 1. The molecule has 1 aromatic carbocycles. The minimum atomic E-state index is -4.28. The maximum Gasteiger partial charge on any atom is 0.298 e. The van der Waals surface area contributed by atoms with E-state index in [0.29, 0.717) is 0 Å². The smallest absolute Gasteiger partial charge is 0.298 e. The molecule has 104 valence electrons. The lowest BCUT2D eigenvalue weighted by molar-refractivity contribution is 0.321. The Morgan fingerprint density at radius 3 is 1.72 bits per heavy atom. The molecule has 0 amide bonds. The summed E-state index contributed by atoms with van der Waals surface area (Å²) in [5, 5.41) is 8.91. The fourth-order valence-corrected chi connectivity index (χ4v) is 1.93. The second-order valence-corrected chi connectivity index (χ2v) is 4.95. The highest BCUT2D eigenvalue weighted by atomic mass is 32.2. The van der Waals surface area contributed by atoms with Crippen molar-refractivity contribution < 1.29 is 18.1 Å². The third kappa shape index (κ3) is 6.00. The SMILES string of the molecule is CCN(CC)CC.O=S(=O)(O)c1ccccc1O. The van der Waals surface area contributed by atoms with E-state index in [9.17, 15) is 8.42 Å². The van der Waals surface area contributed by atoms with E-state index in [1.165, 1.54) is 37.8 Å². The lowest BCUT2D eigenvalue weighted by atomic mass is 10.3. The van der Waals surface area contributed by atoms with Gasteiger partial charge in [0.25, 0.3) is 10.1 Å². The van der Waals surface area contributed by atoms with Crippen LogP contribution in [0.25, 0.3) is 0 Å². The minimum absolute atomic E-state index is 0.449. The van der Waals surface area contributed by atoms with Crippen LogP contribution in [-0.4, -0.2) is 42.6 Å². The molecule has 0 aliphatic heterocycles. The Morgan fingerprint density at radius 1 is 1.06 bits per heavy atom. The van der Waals surface area contributed by atoms with Gasteiger partial charge in [0.2, 0.25) is 0 Å². The van der Waals surface area contributed by atoms with Gasteiger partial charge in [-0.15, -0.1) is 0 Å². The zero-order valence-corrected chi connectivity index (χ0v) is 11.8. The van der Waals surface area contributed by atoms with Gasteiger partial charge in [0.1, 0.15) is 10.6 Å². The molecule has 0 atom stereocenters. The van der Waals surface area contributed by atoms with Crippen LogP contribution in [0.5, 0.6) is 5.75 Å². The molecule has 6 heteroatoms. The molecule has 18 heavy (non-hydrogen) atoms. The van der Waals surface area contributed by atoms with Crippen LogP contribution in [0.4, 0.5) is 0 Å². The van der Waals surface area contributed by atoms with Crippen molar-refractivity contribution in [3.05, 3.63) is 24.3 Å². The van der Waals surface area contributed by atoms with E-state index in [2.05, 4.69) is 25.7 Å². The lowest BCUT2D eigenvalue weighted by Crippen LogP contribution is -2.21. The molecule has 0 aromatic heterocycles. The first-order valence-electron chi connectivity index (χ1n) is 5.84. The molecule has 0 bridgehead atoms. The van der Waals surface area contributed by atoms with Crippen molar-refractivity contribution in [3.63, 3.8) is 0 Å². The van der Waals surface area contributed by atoms with Crippen LogP contribution in [0.15, 0.2) is 29.2 Å². The van der Waals surface area contributed by atoms with Crippen LogP contribution < -0.4 is 0 Å². The molecular formula is C12H21NO4S. The summed E-state index contributed by atoms with van der Waals surface area (Å²) in [6, 6.07) is 5.17. The highest BCUT2D eigenvalue weighted by Crippen LogP contribution is 2.20. The molecule has 0 radical (unpaired) electrons. The van der Waals surface area contributed by atoms with Gasteiger partial charge in [0.05, 0.1) is 0 Å². The van der Waals surface area contributed by atoms with Gasteiger partial charge < -0.3 is 10.0 Å². The zero-order chi connectivity index (χ0) is 14.2. The van der Waals surface area contributed by atoms with Crippen molar-refractivity contribution in [2.24, 2.45) is 0 Å². The van der Waals surface area contributed by atoms with E-state index >= 15 is 0 Å². The van der Waals surface area contributed by atoms with Crippen molar-refractivity contribution in [1.29, 1.82) is 0 Å². The van der Waals surface area contributed by atoms with Gasteiger partial charge in [-0.1, -0.05) is 32.9 Å². The predicted octanol–water partition coefficient (Wildman–Crippen LogP) is 1.99. The summed E-state index contributed by atoms with van der Waals surface area (Å²) in [6.45, 7) is 10.1. The van der Waals surface area contributed by atoms with Crippen molar-refractivity contribution in [2.45, 2.75) is 25.7 Å². The molecule has 1 rings (SSSR count). The van der Waals surface area contributed by atoms with E-state index < -0.39 is 20.8 Å². The van der Waals surface area contributed by atoms with Gasteiger partial charge >= 0.3 is 0 Å². The van der Waals surface area contributed by atoms with Gasteiger partial charge in [0.15, 0.2) is 0 Å². The second kappa shape index (κ2) is 8.07. The fraction of sp³-hybridized carbons (Fsp3) is 0.500. The Morgan fingerprint density at radius 2 is 1.50 bits per heavy atom. The molecular weight excluding hydrogens is 254 g/mol. The van der Waals surface area contributed by atoms with Crippen LogP contribution in [0, 0.1) is 0 Å². The summed E-state index contributed by atoms with van der Waals surface area (Å²) in [7, 11) is -4.28. The number of aromatic hydroxyl groups is 1. The average Bonchev–Trinajstić information content (AvgIpc) is 2.31. The number of hydrogen-bond donors (Lipinski definition) is 2. The normalized spacial score (nSPS) is 10.9. The Hall–Kier alpha value is -1.11. The predicted molar refractivity (Wildman–Crippen MR) is 71.4 cm³/mol. The summed E-state index contributed by atoms with van der Waals surface area (Å²) < 4.78 is 29.4. The third-order valence-corrected chi connectivity index (χ3v) is 3.39. The van der Waals surface area contributed by atoms with Crippen LogP contribution in [0.2, 0.25) is 0 Å². The molecule has 0 heterocycles. The van der Waals surface area contributed by atoms with Gasteiger partial charge in [-0.05, 0) is 31.8 Å². The fourth-order valence-electron chi connectivity index (χ4n) is 1.35. The maximum atomic E-state index is 10.4. The molecule has 0 saturated heterocycles. The number of phenolic OH excluding ortho intramolecular Hbond substituents is 1. The first kappa shape index (κ1) is 16.9. The largest absolute Gasteiger partial charge is 0.506 e. The standard InChI is InChI=1S/C6H15N.C6H6O4S/c1-4-7(5-2)6-3;7-5-3-1-2-4-6(5)11(8,9)10/h4-6H2,1-3H3;1-4,7H,(H,8,9,10). The summed E-state index contributed by atoms with van der Waals surface area (Å²) in [6.07, 6.45) is 0. The van der Waals surface area contributed by atoms with Gasteiger partial charge in [0, 0.05) is 0 Å². The van der Waals surface area contributed by atoms with Crippen molar-refractivity contribution in [3.8, 4) is 5.75 Å². The maximum absolute atomic E-state index is 10.4. The molecule has 2 N–H and O–H groups in total.